The highest BCUT2D eigenvalue weighted by atomic mass is 15.2. The Morgan fingerprint density at radius 1 is 0.917 bits per heavy atom. The SMILES string of the molecule is CN1CCN(c2ccc3ccccc3c2)c2ccc(C#N)cc2C1. The van der Waals surface area contributed by atoms with E-state index in [1.54, 1.807) is 0 Å². The van der Waals surface area contributed by atoms with Gasteiger partial charge in [0.1, 0.15) is 0 Å². The van der Waals surface area contributed by atoms with Crippen molar-refractivity contribution in [1.82, 2.24) is 4.90 Å². The van der Waals surface area contributed by atoms with E-state index in [1.807, 2.05) is 12.1 Å². The van der Waals surface area contributed by atoms with Crippen molar-refractivity contribution in [3.8, 4) is 6.07 Å². The number of anilines is 2. The van der Waals surface area contributed by atoms with Crippen LogP contribution >= 0.6 is 0 Å². The molecule has 4 rings (SSSR count). The normalized spacial score (nSPS) is 14.9. The maximum absolute atomic E-state index is 9.20. The minimum Gasteiger partial charge on any atom is -0.340 e. The summed E-state index contributed by atoms with van der Waals surface area (Å²) in [5, 5.41) is 11.7. The summed E-state index contributed by atoms with van der Waals surface area (Å²) in [6.45, 7) is 2.80. The standard InChI is InChI=1S/C21H19N3/c1-23-10-11-24(21-9-6-16(14-22)12-19(21)15-23)20-8-7-17-4-2-3-5-18(17)13-20/h2-9,12-13H,10-11,15H2,1H3. The average molecular weight is 313 g/mol. The number of hydrogen-bond donors (Lipinski definition) is 0. The third-order valence-electron chi connectivity index (χ3n) is 4.69. The van der Waals surface area contributed by atoms with Gasteiger partial charge in [-0.3, -0.25) is 0 Å². The minimum absolute atomic E-state index is 0.725. The lowest BCUT2D eigenvalue weighted by Gasteiger charge is -2.25. The van der Waals surface area contributed by atoms with Crippen molar-refractivity contribution in [3.63, 3.8) is 0 Å². The van der Waals surface area contributed by atoms with Gasteiger partial charge in [-0.15, -0.1) is 0 Å². The molecular formula is C21H19N3. The van der Waals surface area contributed by atoms with E-state index in [0.717, 1.165) is 25.2 Å². The van der Waals surface area contributed by atoms with Crippen molar-refractivity contribution in [1.29, 1.82) is 5.26 Å². The third kappa shape index (κ3) is 2.62. The molecule has 0 spiro atoms. The first-order chi connectivity index (χ1) is 11.7. The highest BCUT2D eigenvalue weighted by Crippen LogP contribution is 2.33. The van der Waals surface area contributed by atoms with E-state index in [1.165, 1.54) is 27.7 Å². The van der Waals surface area contributed by atoms with Crippen molar-refractivity contribution in [2.75, 3.05) is 25.0 Å². The van der Waals surface area contributed by atoms with Crippen LogP contribution in [0.1, 0.15) is 11.1 Å². The lowest BCUT2D eigenvalue weighted by atomic mass is 10.1. The van der Waals surface area contributed by atoms with Crippen LogP contribution in [-0.2, 0) is 6.54 Å². The lowest BCUT2D eigenvalue weighted by molar-refractivity contribution is 0.343. The van der Waals surface area contributed by atoms with Crippen molar-refractivity contribution >= 4 is 22.1 Å². The summed E-state index contributed by atoms with van der Waals surface area (Å²) in [6, 6.07) is 23.3. The fraction of sp³-hybridized carbons (Fsp3) is 0.190. The maximum Gasteiger partial charge on any atom is 0.0991 e. The van der Waals surface area contributed by atoms with Crippen molar-refractivity contribution in [3.05, 3.63) is 71.8 Å². The summed E-state index contributed by atoms with van der Waals surface area (Å²) in [5.74, 6) is 0. The summed E-state index contributed by atoms with van der Waals surface area (Å²) in [7, 11) is 2.13. The molecule has 0 aromatic heterocycles. The van der Waals surface area contributed by atoms with Gasteiger partial charge in [0.05, 0.1) is 11.6 Å². The van der Waals surface area contributed by atoms with E-state index >= 15 is 0 Å². The molecule has 24 heavy (non-hydrogen) atoms. The van der Waals surface area contributed by atoms with E-state index in [0.29, 0.717) is 0 Å². The van der Waals surface area contributed by atoms with Crippen molar-refractivity contribution in [2.45, 2.75) is 6.54 Å². The molecule has 118 valence electrons. The van der Waals surface area contributed by atoms with Gasteiger partial charge in [0.15, 0.2) is 0 Å². The molecule has 0 amide bonds. The Kier molecular flexibility index (Phi) is 3.68. The third-order valence-corrected chi connectivity index (χ3v) is 4.69. The van der Waals surface area contributed by atoms with Crippen LogP contribution in [-0.4, -0.2) is 25.0 Å². The van der Waals surface area contributed by atoms with E-state index in [-0.39, 0.29) is 0 Å². The molecule has 0 radical (unpaired) electrons. The van der Waals surface area contributed by atoms with Gasteiger partial charge in [0, 0.05) is 31.0 Å². The van der Waals surface area contributed by atoms with Crippen LogP contribution in [0, 0.1) is 11.3 Å². The molecule has 3 nitrogen and oxygen atoms in total. The molecule has 3 heteroatoms. The van der Waals surface area contributed by atoms with Crippen LogP contribution in [0.15, 0.2) is 60.7 Å². The Labute approximate surface area is 142 Å². The molecule has 0 N–H and O–H groups in total. The predicted molar refractivity (Wildman–Crippen MR) is 98.4 cm³/mol. The Morgan fingerprint density at radius 3 is 2.58 bits per heavy atom. The van der Waals surface area contributed by atoms with Crippen LogP contribution in [0.25, 0.3) is 10.8 Å². The molecule has 0 saturated heterocycles. The number of nitriles is 1. The van der Waals surface area contributed by atoms with Crippen molar-refractivity contribution < 1.29 is 0 Å². The van der Waals surface area contributed by atoms with E-state index in [2.05, 4.69) is 71.4 Å². The predicted octanol–water partition coefficient (Wildman–Crippen LogP) is 4.29. The van der Waals surface area contributed by atoms with Crippen LogP contribution in [0.3, 0.4) is 0 Å². The number of fused-ring (bicyclic) bond motifs is 2. The molecular weight excluding hydrogens is 294 g/mol. The Morgan fingerprint density at radius 2 is 1.75 bits per heavy atom. The Bertz CT molecular complexity index is 939. The lowest BCUT2D eigenvalue weighted by Crippen LogP contribution is -2.26. The van der Waals surface area contributed by atoms with Crippen LogP contribution < -0.4 is 4.90 Å². The summed E-state index contributed by atoms with van der Waals surface area (Å²) >= 11 is 0. The molecule has 0 atom stereocenters. The Hall–Kier alpha value is -2.83. The summed E-state index contributed by atoms with van der Waals surface area (Å²) in [4.78, 5) is 4.67. The molecule has 0 saturated carbocycles. The van der Waals surface area contributed by atoms with Crippen LogP contribution in [0.4, 0.5) is 11.4 Å². The Balaban J connectivity index is 1.83. The fourth-order valence-corrected chi connectivity index (χ4v) is 3.42. The minimum atomic E-state index is 0.725. The molecule has 3 aromatic rings. The van der Waals surface area contributed by atoms with E-state index < -0.39 is 0 Å². The smallest absolute Gasteiger partial charge is 0.0991 e. The van der Waals surface area contributed by atoms with E-state index in [9.17, 15) is 5.26 Å². The number of rotatable bonds is 1. The second-order valence-electron chi connectivity index (χ2n) is 6.38. The van der Waals surface area contributed by atoms with E-state index in [4.69, 9.17) is 0 Å². The molecule has 0 aliphatic carbocycles. The van der Waals surface area contributed by atoms with Gasteiger partial charge in [-0.1, -0.05) is 30.3 Å². The summed E-state index contributed by atoms with van der Waals surface area (Å²) in [5.41, 5.74) is 4.34. The van der Waals surface area contributed by atoms with Gasteiger partial charge < -0.3 is 9.80 Å². The van der Waals surface area contributed by atoms with Gasteiger partial charge >= 0.3 is 0 Å². The topological polar surface area (TPSA) is 30.3 Å². The second-order valence-corrected chi connectivity index (χ2v) is 6.38. The first-order valence-electron chi connectivity index (χ1n) is 8.22. The molecule has 1 heterocycles. The van der Waals surface area contributed by atoms with Gasteiger partial charge in [0.25, 0.3) is 0 Å². The van der Waals surface area contributed by atoms with Crippen LogP contribution in [0.5, 0.6) is 0 Å². The van der Waals surface area contributed by atoms with Crippen molar-refractivity contribution in [2.24, 2.45) is 0 Å². The largest absolute Gasteiger partial charge is 0.340 e. The molecule has 1 aliphatic rings. The number of likely N-dealkylation sites (N-methyl/N-ethyl adjacent to an activating group) is 1. The molecule has 3 aromatic carbocycles. The molecule has 0 fully saturated rings. The van der Waals surface area contributed by atoms with Gasteiger partial charge in [-0.25, -0.2) is 0 Å². The van der Waals surface area contributed by atoms with Gasteiger partial charge in [-0.2, -0.15) is 5.26 Å². The zero-order valence-electron chi connectivity index (χ0n) is 13.7. The zero-order valence-corrected chi connectivity index (χ0v) is 13.7. The quantitative estimate of drug-likeness (QED) is 0.671. The molecule has 0 unspecified atom stereocenters. The first-order valence-corrected chi connectivity index (χ1v) is 8.22. The molecule has 1 aliphatic heterocycles. The maximum atomic E-state index is 9.20. The monoisotopic (exact) mass is 313 g/mol. The highest BCUT2D eigenvalue weighted by molar-refractivity contribution is 5.87. The first kappa shape index (κ1) is 14.7. The average Bonchev–Trinajstić information content (AvgIpc) is 2.78. The van der Waals surface area contributed by atoms with Gasteiger partial charge in [0.2, 0.25) is 0 Å². The number of nitrogens with zero attached hydrogens (tertiary/aromatic N) is 3. The summed E-state index contributed by atoms with van der Waals surface area (Å²) < 4.78 is 0. The zero-order chi connectivity index (χ0) is 16.5. The van der Waals surface area contributed by atoms with Crippen LogP contribution in [0.2, 0.25) is 0 Å². The second kappa shape index (κ2) is 5.99. The number of hydrogen-bond acceptors (Lipinski definition) is 3. The summed E-state index contributed by atoms with van der Waals surface area (Å²) in [6.07, 6.45) is 0. The number of benzene rings is 3. The highest BCUT2D eigenvalue weighted by Gasteiger charge is 2.19. The fourth-order valence-electron chi connectivity index (χ4n) is 3.42. The van der Waals surface area contributed by atoms with Gasteiger partial charge in [-0.05, 0) is 53.7 Å². The molecule has 0 bridgehead atoms.